The first-order valence-corrected chi connectivity index (χ1v) is 14.4. The van der Waals surface area contributed by atoms with Crippen molar-refractivity contribution in [2.45, 2.75) is 52.4 Å². The summed E-state index contributed by atoms with van der Waals surface area (Å²) in [4.78, 5) is 32.2. The Morgan fingerprint density at radius 1 is 0.929 bits per heavy atom. The molecule has 1 unspecified atom stereocenters. The van der Waals surface area contributed by atoms with Gasteiger partial charge in [-0.1, -0.05) is 13.8 Å². The first-order valence-electron chi connectivity index (χ1n) is 11.3. The fraction of sp³-hybridized carbons (Fsp3) is 0.909. The molecule has 0 spiro atoms. The molecular formula is C22H39IN3O2-. The maximum atomic E-state index is 12.9. The van der Waals surface area contributed by atoms with E-state index in [-0.39, 0.29) is 39.2 Å². The number of hydrogen-bond acceptors (Lipinski definition) is 4. The standard InChI is InChI=1S/C22H39IN3O2/c1-17(2)21(27)19-4-6-20(7-5-19)22(28)25-14-12-24(13-15-25)10-8-18-9-11-26(16-18)23-3/h17-20H,4-16H2,1-3H3/q-1. The number of carbonyl (C=O) groups is 2. The predicted molar refractivity (Wildman–Crippen MR) is 109 cm³/mol. The Balaban J connectivity index is 1.35. The fourth-order valence-corrected chi connectivity index (χ4v) is 6.80. The van der Waals surface area contributed by atoms with Crippen molar-refractivity contribution < 1.29 is 31.1 Å². The molecule has 0 aromatic carbocycles. The SMILES string of the molecule is C[I-]N1CCC(CCN2CCN(C(=O)C3CCC(C(=O)C(C)C)CC3)CC2)C1. The van der Waals surface area contributed by atoms with Crippen molar-refractivity contribution in [2.24, 2.45) is 23.7 Å². The van der Waals surface area contributed by atoms with Gasteiger partial charge in [0.1, 0.15) is 5.78 Å². The van der Waals surface area contributed by atoms with Gasteiger partial charge >= 0.3 is 133 Å². The molecule has 1 saturated carbocycles. The summed E-state index contributed by atoms with van der Waals surface area (Å²) in [5.74, 6) is 2.12. The van der Waals surface area contributed by atoms with Crippen LogP contribution in [-0.4, -0.2) is 75.3 Å². The molecule has 2 heterocycles. The summed E-state index contributed by atoms with van der Waals surface area (Å²) < 4.78 is 2.67. The third kappa shape index (κ3) is 5.91. The molecule has 3 aliphatic rings. The monoisotopic (exact) mass is 504 g/mol. The number of nitrogens with zero attached hydrogens (tertiary/aromatic N) is 3. The summed E-state index contributed by atoms with van der Waals surface area (Å²) in [6.45, 7) is 11.7. The van der Waals surface area contributed by atoms with E-state index in [0.717, 1.165) is 57.8 Å². The number of piperazine rings is 1. The van der Waals surface area contributed by atoms with E-state index in [9.17, 15) is 9.59 Å². The third-order valence-corrected chi connectivity index (χ3v) is 9.30. The fourth-order valence-electron chi connectivity index (χ4n) is 5.09. The zero-order chi connectivity index (χ0) is 20.1. The molecule has 1 aliphatic carbocycles. The van der Waals surface area contributed by atoms with Gasteiger partial charge in [-0.15, -0.1) is 0 Å². The summed E-state index contributed by atoms with van der Waals surface area (Å²) in [7, 11) is 0. The van der Waals surface area contributed by atoms with Crippen molar-refractivity contribution in [1.29, 1.82) is 0 Å². The molecule has 0 bridgehead atoms. The van der Waals surface area contributed by atoms with E-state index in [0.29, 0.717) is 11.7 Å². The van der Waals surface area contributed by atoms with Gasteiger partial charge < -0.3 is 0 Å². The van der Waals surface area contributed by atoms with E-state index in [1.165, 1.54) is 32.5 Å². The van der Waals surface area contributed by atoms with Crippen molar-refractivity contribution in [1.82, 2.24) is 12.9 Å². The summed E-state index contributed by atoms with van der Waals surface area (Å²) in [5, 5.41) is 0. The Morgan fingerprint density at radius 3 is 2.14 bits per heavy atom. The second kappa shape index (κ2) is 10.7. The number of rotatable bonds is 7. The molecule has 1 amide bonds. The van der Waals surface area contributed by atoms with Crippen LogP contribution in [0.2, 0.25) is 0 Å². The summed E-state index contributed by atoms with van der Waals surface area (Å²) in [6.07, 6.45) is 6.33. The van der Waals surface area contributed by atoms with Gasteiger partial charge in [-0.2, -0.15) is 0 Å². The number of hydrogen-bond donors (Lipinski definition) is 0. The summed E-state index contributed by atoms with van der Waals surface area (Å²) in [6, 6.07) is 0. The minimum absolute atomic E-state index is 0.126. The molecule has 2 aliphatic heterocycles. The van der Waals surface area contributed by atoms with Gasteiger partial charge in [-0.25, -0.2) is 0 Å². The van der Waals surface area contributed by atoms with E-state index < -0.39 is 0 Å². The van der Waals surface area contributed by atoms with E-state index in [1.54, 1.807) is 0 Å². The molecule has 5 nitrogen and oxygen atoms in total. The van der Waals surface area contributed by atoms with Crippen LogP contribution >= 0.6 is 0 Å². The minimum atomic E-state index is 0.126. The van der Waals surface area contributed by atoms with Gasteiger partial charge in [0, 0.05) is 11.8 Å². The topological polar surface area (TPSA) is 43.9 Å². The number of alkyl halides is 1. The quantitative estimate of drug-likeness (QED) is 0.267. The van der Waals surface area contributed by atoms with E-state index >= 15 is 0 Å². The summed E-state index contributed by atoms with van der Waals surface area (Å²) >= 11 is 0.276. The average molecular weight is 504 g/mol. The van der Waals surface area contributed by atoms with E-state index in [1.807, 2.05) is 13.8 Å². The zero-order valence-electron chi connectivity index (χ0n) is 18.0. The molecule has 2 saturated heterocycles. The number of halogens is 1. The molecule has 0 aromatic heterocycles. The maximum absolute atomic E-state index is 12.9. The average Bonchev–Trinajstić information content (AvgIpc) is 3.20. The van der Waals surface area contributed by atoms with Gasteiger partial charge in [-0.3, -0.25) is 4.79 Å². The number of carbonyl (C=O) groups excluding carboxylic acids is 2. The molecule has 28 heavy (non-hydrogen) atoms. The molecule has 0 N–H and O–H groups in total. The molecule has 162 valence electrons. The first kappa shape index (κ1) is 22.5. The van der Waals surface area contributed by atoms with Crippen LogP contribution in [0.15, 0.2) is 0 Å². The molecule has 3 fully saturated rings. The van der Waals surface area contributed by atoms with Crippen LogP contribution in [0.5, 0.6) is 0 Å². The normalized spacial score (nSPS) is 30.3. The van der Waals surface area contributed by atoms with Crippen molar-refractivity contribution in [3.8, 4) is 0 Å². The molecular weight excluding hydrogens is 465 g/mol. The van der Waals surface area contributed by atoms with Gasteiger partial charge in [0.15, 0.2) is 0 Å². The van der Waals surface area contributed by atoms with E-state index in [2.05, 4.69) is 17.8 Å². The van der Waals surface area contributed by atoms with Crippen LogP contribution in [0.25, 0.3) is 0 Å². The first-order chi connectivity index (χ1) is 13.5. The number of Topliss-reactive ketones (excluding diaryl/α,β-unsaturated/α-hetero) is 1. The molecule has 6 heteroatoms. The van der Waals surface area contributed by atoms with Crippen molar-refractivity contribution >= 4 is 11.7 Å². The van der Waals surface area contributed by atoms with Gasteiger partial charge in [0.25, 0.3) is 0 Å². The number of ketones is 1. The molecule has 1 atom stereocenters. The predicted octanol–water partition coefficient (Wildman–Crippen LogP) is -0.492. The van der Waals surface area contributed by atoms with Crippen molar-refractivity contribution in [3.05, 3.63) is 0 Å². The van der Waals surface area contributed by atoms with Crippen LogP contribution in [0, 0.1) is 23.7 Å². The Kier molecular flexibility index (Phi) is 8.60. The molecule has 3 rings (SSSR count). The number of amides is 1. The van der Waals surface area contributed by atoms with Crippen molar-refractivity contribution in [3.63, 3.8) is 0 Å². The van der Waals surface area contributed by atoms with Crippen LogP contribution in [0.1, 0.15) is 52.4 Å². The van der Waals surface area contributed by atoms with Gasteiger partial charge in [0.05, 0.1) is 0 Å². The van der Waals surface area contributed by atoms with Crippen LogP contribution < -0.4 is 21.5 Å². The van der Waals surface area contributed by atoms with Crippen LogP contribution in [0.3, 0.4) is 0 Å². The van der Waals surface area contributed by atoms with Crippen LogP contribution in [-0.2, 0) is 9.59 Å². The van der Waals surface area contributed by atoms with Crippen LogP contribution in [0.4, 0.5) is 0 Å². The van der Waals surface area contributed by atoms with Gasteiger partial charge in [-0.05, 0) is 12.8 Å². The third-order valence-electron chi connectivity index (χ3n) is 7.06. The van der Waals surface area contributed by atoms with E-state index in [4.69, 9.17) is 0 Å². The second-order valence-corrected chi connectivity index (χ2v) is 11.6. The zero-order valence-corrected chi connectivity index (χ0v) is 20.2. The Labute approximate surface area is 182 Å². The Hall–Kier alpha value is -0.210. The molecule has 0 aromatic rings. The van der Waals surface area contributed by atoms with Gasteiger partial charge in [0.2, 0.25) is 0 Å². The Morgan fingerprint density at radius 2 is 1.57 bits per heavy atom. The Bertz CT molecular complexity index is 526. The second-order valence-electron chi connectivity index (χ2n) is 9.25. The molecule has 0 radical (unpaired) electrons. The van der Waals surface area contributed by atoms with Crippen molar-refractivity contribution in [2.75, 3.05) is 50.7 Å². The summed E-state index contributed by atoms with van der Waals surface area (Å²) in [5.41, 5.74) is 0.